The molecule has 2 N–H and O–H groups in total. The van der Waals surface area contributed by atoms with Gasteiger partial charge in [0.2, 0.25) is 0 Å². The molecule has 1 saturated carbocycles. The molecule has 15 heavy (non-hydrogen) atoms. The van der Waals surface area contributed by atoms with Crippen LogP contribution in [0.4, 0.5) is 0 Å². The van der Waals surface area contributed by atoms with Gasteiger partial charge in [0.05, 0.1) is 0 Å². The summed E-state index contributed by atoms with van der Waals surface area (Å²) in [5.74, 6) is 0.683. The summed E-state index contributed by atoms with van der Waals surface area (Å²) in [5.41, 5.74) is 7.46. The molecule has 2 unspecified atom stereocenters. The van der Waals surface area contributed by atoms with Crippen molar-refractivity contribution in [3.05, 3.63) is 11.6 Å². The zero-order valence-corrected chi connectivity index (χ0v) is 10.4. The Hall–Kier alpha value is -0.0500. The largest absolute Gasteiger partial charge is 0.330 e. The minimum absolute atomic E-state index is 0.668. The Morgan fingerprint density at radius 1 is 1.40 bits per heavy atom. The van der Waals surface area contributed by atoms with Crippen LogP contribution in [0.1, 0.15) is 32.6 Å². The van der Waals surface area contributed by atoms with Gasteiger partial charge in [0.1, 0.15) is 0 Å². The molecule has 0 spiro atoms. The molecule has 0 radical (unpaired) electrons. The van der Waals surface area contributed by atoms with E-state index in [4.69, 9.17) is 17.3 Å². The predicted octanol–water partition coefficient (Wildman–Crippen LogP) is 2.58. The lowest BCUT2D eigenvalue weighted by atomic mass is 9.83. The minimum atomic E-state index is 0.668. The molecular formula is C12H23ClN2. The number of hydrogen-bond acceptors (Lipinski definition) is 2. The normalized spacial score (nSPS) is 27.7. The fourth-order valence-electron chi connectivity index (χ4n) is 2.62. The van der Waals surface area contributed by atoms with E-state index < -0.39 is 0 Å². The van der Waals surface area contributed by atoms with E-state index in [9.17, 15) is 0 Å². The Morgan fingerprint density at radius 3 is 2.73 bits per heavy atom. The van der Waals surface area contributed by atoms with E-state index in [2.05, 4.69) is 11.8 Å². The van der Waals surface area contributed by atoms with Crippen LogP contribution in [0.5, 0.6) is 0 Å². The average Bonchev–Trinajstić information content (AvgIpc) is 2.30. The number of rotatable bonds is 5. The zero-order chi connectivity index (χ0) is 11.1. The maximum absolute atomic E-state index is 5.84. The first-order chi connectivity index (χ1) is 7.33. The molecule has 1 rings (SSSR count). The molecule has 0 bridgehead atoms. The van der Waals surface area contributed by atoms with E-state index >= 15 is 0 Å². The smallest absolute Gasteiger partial charge is 0.0177 e. The lowest BCUT2D eigenvalue weighted by molar-refractivity contribution is 0.124. The molecule has 88 valence electrons. The first-order valence-electron chi connectivity index (χ1n) is 6.02. The van der Waals surface area contributed by atoms with Crippen molar-refractivity contribution in [1.82, 2.24) is 4.90 Å². The van der Waals surface area contributed by atoms with Gasteiger partial charge in [0.15, 0.2) is 0 Å². The first-order valence-corrected chi connectivity index (χ1v) is 6.46. The van der Waals surface area contributed by atoms with Gasteiger partial charge in [-0.05, 0) is 31.8 Å². The van der Waals surface area contributed by atoms with Gasteiger partial charge >= 0.3 is 0 Å². The molecule has 1 fully saturated rings. The van der Waals surface area contributed by atoms with Crippen LogP contribution in [0, 0.1) is 5.92 Å². The highest BCUT2D eigenvalue weighted by molar-refractivity contribution is 6.25. The molecular weight excluding hydrogens is 208 g/mol. The van der Waals surface area contributed by atoms with E-state index in [0.717, 1.165) is 19.6 Å². The van der Waals surface area contributed by atoms with Gasteiger partial charge in [-0.15, -0.1) is 0 Å². The summed E-state index contributed by atoms with van der Waals surface area (Å²) in [7, 11) is 0. The van der Waals surface area contributed by atoms with Crippen molar-refractivity contribution in [3.8, 4) is 0 Å². The highest BCUT2D eigenvalue weighted by Gasteiger charge is 2.27. The lowest BCUT2D eigenvalue weighted by Crippen LogP contribution is -2.45. The molecule has 0 aromatic heterocycles. The third kappa shape index (κ3) is 3.78. The van der Waals surface area contributed by atoms with Gasteiger partial charge < -0.3 is 5.73 Å². The Labute approximate surface area is 98.5 Å². The molecule has 0 saturated heterocycles. The van der Waals surface area contributed by atoms with Crippen LogP contribution in [0.2, 0.25) is 0 Å². The van der Waals surface area contributed by atoms with Crippen LogP contribution in [-0.2, 0) is 0 Å². The van der Waals surface area contributed by atoms with Crippen molar-refractivity contribution >= 4 is 11.6 Å². The third-order valence-electron chi connectivity index (χ3n) is 3.48. The van der Waals surface area contributed by atoms with E-state index in [1.54, 1.807) is 5.54 Å². The van der Waals surface area contributed by atoms with Crippen LogP contribution in [-0.4, -0.2) is 30.6 Å². The maximum atomic E-state index is 5.84. The highest BCUT2D eigenvalue weighted by Crippen LogP contribution is 2.27. The van der Waals surface area contributed by atoms with Gasteiger partial charge in [-0.1, -0.05) is 37.4 Å². The van der Waals surface area contributed by atoms with Crippen LogP contribution in [0.15, 0.2) is 11.6 Å². The van der Waals surface area contributed by atoms with Crippen LogP contribution in [0.3, 0.4) is 0 Å². The topological polar surface area (TPSA) is 29.3 Å². The van der Waals surface area contributed by atoms with E-state index in [-0.39, 0.29) is 0 Å². The Kier molecular flexibility index (Phi) is 6.30. The van der Waals surface area contributed by atoms with Crippen molar-refractivity contribution < 1.29 is 0 Å². The van der Waals surface area contributed by atoms with Crippen LogP contribution < -0.4 is 5.73 Å². The second-order valence-corrected chi connectivity index (χ2v) is 4.55. The monoisotopic (exact) mass is 230 g/mol. The molecule has 3 heteroatoms. The van der Waals surface area contributed by atoms with Gasteiger partial charge in [-0.25, -0.2) is 0 Å². The fraction of sp³-hybridized carbons (Fsp3) is 0.833. The summed E-state index contributed by atoms with van der Waals surface area (Å²) in [6.07, 6.45) is 7.31. The molecule has 2 nitrogen and oxygen atoms in total. The molecule has 0 aliphatic heterocycles. The van der Waals surface area contributed by atoms with Crippen molar-refractivity contribution in [3.63, 3.8) is 0 Å². The summed E-state index contributed by atoms with van der Waals surface area (Å²) in [6.45, 7) is 5.08. The Morgan fingerprint density at radius 2 is 2.13 bits per heavy atom. The van der Waals surface area contributed by atoms with Crippen molar-refractivity contribution in [2.24, 2.45) is 11.7 Å². The first kappa shape index (κ1) is 13.0. The highest BCUT2D eigenvalue weighted by atomic mass is 35.5. The van der Waals surface area contributed by atoms with E-state index in [1.165, 1.54) is 25.7 Å². The molecule has 1 aliphatic carbocycles. The molecule has 0 aromatic carbocycles. The third-order valence-corrected chi connectivity index (χ3v) is 3.65. The average molecular weight is 231 g/mol. The van der Waals surface area contributed by atoms with Gasteiger partial charge in [-0.3, -0.25) is 4.90 Å². The van der Waals surface area contributed by atoms with Gasteiger partial charge in [-0.2, -0.15) is 0 Å². The Bertz CT molecular complexity index is 194. The van der Waals surface area contributed by atoms with Crippen molar-refractivity contribution in [2.45, 2.75) is 38.6 Å². The summed E-state index contributed by atoms with van der Waals surface area (Å²) in [4.78, 5) is 2.50. The number of nitrogens with two attached hydrogens (primary N) is 1. The number of halogens is 1. The number of nitrogens with zero attached hydrogens (tertiary/aromatic N) is 1. The molecule has 1 aliphatic rings. The van der Waals surface area contributed by atoms with Crippen molar-refractivity contribution in [1.29, 1.82) is 0 Å². The summed E-state index contributed by atoms with van der Waals surface area (Å²) in [5, 5.41) is 0. The summed E-state index contributed by atoms with van der Waals surface area (Å²) < 4.78 is 0. The second-order valence-electron chi connectivity index (χ2n) is 4.30. The second kappa shape index (κ2) is 7.26. The zero-order valence-electron chi connectivity index (χ0n) is 9.66. The maximum Gasteiger partial charge on any atom is 0.0177 e. The molecule has 0 amide bonds. The lowest BCUT2D eigenvalue weighted by Gasteiger charge is -2.38. The van der Waals surface area contributed by atoms with Gasteiger partial charge in [0, 0.05) is 18.1 Å². The fourth-order valence-corrected chi connectivity index (χ4v) is 2.70. The van der Waals surface area contributed by atoms with Gasteiger partial charge in [0.25, 0.3) is 0 Å². The van der Waals surface area contributed by atoms with Crippen LogP contribution >= 0.6 is 11.6 Å². The minimum Gasteiger partial charge on any atom is -0.330 e. The summed E-state index contributed by atoms with van der Waals surface area (Å²) >= 11 is 5.58. The quantitative estimate of drug-likeness (QED) is 0.787. The predicted molar refractivity (Wildman–Crippen MR) is 67.0 cm³/mol. The molecule has 0 heterocycles. The summed E-state index contributed by atoms with van der Waals surface area (Å²) in [6, 6.07) is 0.668. The molecule has 0 aromatic rings. The SMILES string of the molecule is CCN(CC=CCl)C1CCCCC1CN. The Balaban J connectivity index is 2.54. The standard InChI is InChI=1S/C12H23ClN2/c1-2-15(9-5-8-13)12-7-4-3-6-11(12)10-14/h5,8,11-12H,2-4,6-7,9-10,14H2,1H3. The van der Waals surface area contributed by atoms with Crippen molar-refractivity contribution in [2.75, 3.05) is 19.6 Å². The van der Waals surface area contributed by atoms with E-state index in [0.29, 0.717) is 12.0 Å². The number of likely N-dealkylation sites (N-methyl/N-ethyl adjacent to an activating group) is 1. The molecule has 2 atom stereocenters. The van der Waals surface area contributed by atoms with E-state index in [1.807, 2.05) is 6.08 Å². The number of hydrogen-bond donors (Lipinski definition) is 1. The van der Waals surface area contributed by atoms with Crippen LogP contribution in [0.25, 0.3) is 0 Å².